The van der Waals surface area contributed by atoms with Gasteiger partial charge in [-0.25, -0.2) is 0 Å². The topological polar surface area (TPSA) is 31.9 Å². The second-order valence-electron chi connectivity index (χ2n) is 5.02. The van der Waals surface area contributed by atoms with Gasteiger partial charge >= 0.3 is 6.18 Å². The fraction of sp³-hybridized carbons (Fsp3) is 0.357. The number of halogens is 3. The second-order valence-corrected chi connectivity index (χ2v) is 5.02. The maximum atomic E-state index is 12.4. The summed E-state index contributed by atoms with van der Waals surface area (Å²) in [6.45, 7) is -0.0419. The molecule has 2 aromatic rings. The number of nitrogens with one attached hydrogen (secondary N) is 1. The first-order valence-corrected chi connectivity index (χ1v) is 6.42. The standard InChI is InChI=1S/C14H14F3N3/c15-14(16,17)9-20-6-4-10-7-11(1-2-12(10)8-20)13-3-5-18-19-13/h1-3,5,7H,4,6,8-9H2,(H,18,19). The zero-order chi connectivity index (χ0) is 14.2. The van der Waals surface area contributed by atoms with Crippen LogP contribution in [0.1, 0.15) is 11.1 Å². The molecule has 0 spiro atoms. The molecule has 1 aromatic carbocycles. The highest BCUT2D eigenvalue weighted by molar-refractivity contribution is 5.60. The molecule has 2 heterocycles. The zero-order valence-electron chi connectivity index (χ0n) is 10.7. The summed E-state index contributed by atoms with van der Waals surface area (Å²) in [5, 5.41) is 6.87. The number of aromatic amines is 1. The number of benzene rings is 1. The molecule has 3 rings (SSSR count). The van der Waals surface area contributed by atoms with Gasteiger partial charge in [-0.15, -0.1) is 0 Å². The number of aromatic nitrogens is 2. The minimum absolute atomic E-state index is 0.357. The molecule has 0 fully saturated rings. The van der Waals surface area contributed by atoms with Crippen molar-refractivity contribution in [1.29, 1.82) is 0 Å². The monoisotopic (exact) mass is 281 g/mol. The van der Waals surface area contributed by atoms with E-state index in [0.29, 0.717) is 19.5 Å². The van der Waals surface area contributed by atoms with Crippen molar-refractivity contribution in [1.82, 2.24) is 15.1 Å². The first-order valence-electron chi connectivity index (χ1n) is 6.42. The van der Waals surface area contributed by atoms with Crippen LogP contribution in [0.15, 0.2) is 30.5 Å². The quantitative estimate of drug-likeness (QED) is 0.917. The summed E-state index contributed by atoms with van der Waals surface area (Å²) in [6.07, 6.45) is -1.74. The third kappa shape index (κ3) is 2.85. The molecule has 1 N–H and O–H groups in total. The van der Waals surface area contributed by atoms with Crippen LogP contribution < -0.4 is 0 Å². The molecular weight excluding hydrogens is 267 g/mol. The van der Waals surface area contributed by atoms with Crippen LogP contribution in [-0.4, -0.2) is 34.4 Å². The van der Waals surface area contributed by atoms with E-state index in [9.17, 15) is 13.2 Å². The molecule has 0 aliphatic carbocycles. The third-order valence-electron chi connectivity index (χ3n) is 3.50. The van der Waals surface area contributed by atoms with Crippen molar-refractivity contribution in [3.63, 3.8) is 0 Å². The number of alkyl halides is 3. The first kappa shape index (κ1) is 13.2. The Hall–Kier alpha value is -1.82. The molecule has 0 saturated carbocycles. The second kappa shape index (κ2) is 4.94. The summed E-state index contributed by atoms with van der Waals surface area (Å²) in [5.74, 6) is 0. The van der Waals surface area contributed by atoms with Crippen LogP contribution in [0.5, 0.6) is 0 Å². The summed E-state index contributed by atoms with van der Waals surface area (Å²) in [7, 11) is 0. The summed E-state index contributed by atoms with van der Waals surface area (Å²) in [5.41, 5.74) is 3.93. The molecule has 3 nitrogen and oxygen atoms in total. The SMILES string of the molecule is FC(F)(F)CN1CCc2cc(-c3cc[nH]n3)ccc2C1. The number of rotatable bonds is 2. The van der Waals surface area contributed by atoms with Gasteiger partial charge < -0.3 is 0 Å². The minimum atomic E-state index is -4.13. The van der Waals surface area contributed by atoms with Crippen molar-refractivity contribution in [3.8, 4) is 11.3 Å². The van der Waals surface area contributed by atoms with Gasteiger partial charge in [0.1, 0.15) is 0 Å². The highest BCUT2D eigenvalue weighted by atomic mass is 19.4. The predicted octanol–water partition coefficient (Wildman–Crippen LogP) is 3.00. The van der Waals surface area contributed by atoms with Crippen LogP contribution in [0, 0.1) is 0 Å². The Morgan fingerprint density at radius 3 is 2.75 bits per heavy atom. The van der Waals surface area contributed by atoms with Gasteiger partial charge in [0.25, 0.3) is 0 Å². The van der Waals surface area contributed by atoms with Crippen molar-refractivity contribution in [2.75, 3.05) is 13.1 Å². The van der Waals surface area contributed by atoms with Gasteiger partial charge in [0.15, 0.2) is 0 Å². The maximum Gasteiger partial charge on any atom is 0.401 e. The molecule has 1 aliphatic heterocycles. The summed E-state index contributed by atoms with van der Waals surface area (Å²) in [6, 6.07) is 7.71. The third-order valence-corrected chi connectivity index (χ3v) is 3.50. The number of nitrogens with zero attached hydrogens (tertiary/aromatic N) is 2. The molecule has 0 atom stereocenters. The van der Waals surface area contributed by atoms with E-state index >= 15 is 0 Å². The van der Waals surface area contributed by atoms with Crippen LogP contribution in [0.2, 0.25) is 0 Å². The highest BCUT2D eigenvalue weighted by Crippen LogP contribution is 2.27. The van der Waals surface area contributed by atoms with Crippen molar-refractivity contribution in [2.24, 2.45) is 0 Å². The van der Waals surface area contributed by atoms with Crippen LogP contribution in [0.3, 0.4) is 0 Å². The van der Waals surface area contributed by atoms with Crippen molar-refractivity contribution in [2.45, 2.75) is 19.1 Å². The zero-order valence-corrected chi connectivity index (χ0v) is 10.7. The van der Waals surface area contributed by atoms with Gasteiger partial charge in [0.05, 0.1) is 12.2 Å². The Bertz CT molecular complexity index is 590. The fourth-order valence-electron chi connectivity index (χ4n) is 2.58. The molecule has 0 saturated heterocycles. The Morgan fingerprint density at radius 1 is 1.20 bits per heavy atom. The smallest absolute Gasteiger partial charge is 0.290 e. The summed E-state index contributed by atoms with van der Waals surface area (Å²) < 4.78 is 37.2. The van der Waals surface area contributed by atoms with E-state index in [1.54, 1.807) is 6.20 Å². The van der Waals surface area contributed by atoms with Gasteiger partial charge in [0, 0.05) is 24.8 Å². The number of H-pyrrole nitrogens is 1. The largest absolute Gasteiger partial charge is 0.401 e. The average molecular weight is 281 g/mol. The molecule has 0 bridgehead atoms. The lowest BCUT2D eigenvalue weighted by Gasteiger charge is -2.29. The minimum Gasteiger partial charge on any atom is -0.290 e. The van der Waals surface area contributed by atoms with Gasteiger partial charge in [-0.05, 0) is 29.7 Å². The van der Waals surface area contributed by atoms with Crippen molar-refractivity contribution in [3.05, 3.63) is 41.6 Å². The van der Waals surface area contributed by atoms with Gasteiger partial charge in [-0.2, -0.15) is 18.3 Å². The molecule has 1 aliphatic rings. The molecule has 0 amide bonds. The predicted molar refractivity (Wildman–Crippen MR) is 69.1 cm³/mol. The van der Waals surface area contributed by atoms with Crippen LogP contribution in [0.4, 0.5) is 13.2 Å². The van der Waals surface area contributed by atoms with E-state index in [1.165, 1.54) is 4.90 Å². The molecule has 20 heavy (non-hydrogen) atoms. The number of hydrogen-bond acceptors (Lipinski definition) is 2. The van der Waals surface area contributed by atoms with E-state index in [-0.39, 0.29) is 0 Å². The van der Waals surface area contributed by atoms with Gasteiger partial charge in [-0.3, -0.25) is 10.00 Å². The van der Waals surface area contributed by atoms with E-state index in [0.717, 1.165) is 22.4 Å². The highest BCUT2D eigenvalue weighted by Gasteiger charge is 2.32. The Labute approximate surface area is 114 Å². The molecule has 1 aromatic heterocycles. The van der Waals surface area contributed by atoms with Crippen molar-refractivity contribution >= 4 is 0 Å². The summed E-state index contributed by atoms with van der Waals surface area (Å²) in [4.78, 5) is 1.44. The molecule has 0 radical (unpaired) electrons. The Kier molecular flexibility index (Phi) is 3.25. The normalized spacial score (nSPS) is 16.1. The maximum absolute atomic E-state index is 12.4. The lowest BCUT2D eigenvalue weighted by Crippen LogP contribution is -2.37. The molecule has 0 unspecified atom stereocenters. The van der Waals surface area contributed by atoms with E-state index in [1.807, 2.05) is 24.3 Å². The Morgan fingerprint density at radius 2 is 2.05 bits per heavy atom. The molecule has 106 valence electrons. The lowest BCUT2D eigenvalue weighted by molar-refractivity contribution is -0.147. The van der Waals surface area contributed by atoms with Crippen LogP contribution in [-0.2, 0) is 13.0 Å². The lowest BCUT2D eigenvalue weighted by atomic mass is 9.96. The van der Waals surface area contributed by atoms with Crippen molar-refractivity contribution < 1.29 is 13.2 Å². The number of hydrogen-bond donors (Lipinski definition) is 1. The van der Waals surface area contributed by atoms with Crippen LogP contribution >= 0.6 is 0 Å². The van der Waals surface area contributed by atoms with E-state index in [4.69, 9.17) is 0 Å². The molecule has 6 heteroatoms. The van der Waals surface area contributed by atoms with Gasteiger partial charge in [-0.1, -0.05) is 12.1 Å². The molecular formula is C14H14F3N3. The van der Waals surface area contributed by atoms with Gasteiger partial charge in [0.2, 0.25) is 0 Å². The average Bonchev–Trinajstić information content (AvgIpc) is 2.90. The first-order chi connectivity index (χ1) is 9.51. The number of fused-ring (bicyclic) bond motifs is 1. The summed E-state index contributed by atoms with van der Waals surface area (Å²) >= 11 is 0. The van der Waals surface area contributed by atoms with E-state index in [2.05, 4.69) is 10.2 Å². The van der Waals surface area contributed by atoms with Crippen LogP contribution in [0.25, 0.3) is 11.3 Å². The Balaban J connectivity index is 1.79. The van der Waals surface area contributed by atoms with E-state index < -0.39 is 12.7 Å². The fourth-order valence-corrected chi connectivity index (χ4v) is 2.58.